The maximum Gasteiger partial charge on any atom is 0.253 e. The average Bonchev–Trinajstić information content (AvgIpc) is 2.55. The Hall–Kier alpha value is -1.88. The van der Waals surface area contributed by atoms with Crippen LogP contribution in [-0.2, 0) is 4.74 Å². The summed E-state index contributed by atoms with van der Waals surface area (Å²) < 4.78 is 4.94. The standard InChI is InChI=1S/C17H26N2O3/c1-4-5-11-19(2)17(21)15-9-6-8-14(13-15)16(20)18-10-7-12-22-3/h6,8-9,13H,4-5,7,10-12H2,1-3H3,(H,18,20). The predicted molar refractivity (Wildman–Crippen MR) is 87.1 cm³/mol. The number of nitrogens with zero attached hydrogens (tertiary/aromatic N) is 1. The summed E-state index contributed by atoms with van der Waals surface area (Å²) in [5, 5.41) is 2.82. The van der Waals surface area contributed by atoms with Crippen LogP contribution in [0.4, 0.5) is 0 Å². The zero-order chi connectivity index (χ0) is 16.4. The Bertz CT molecular complexity index is 489. The van der Waals surface area contributed by atoms with E-state index in [9.17, 15) is 9.59 Å². The predicted octanol–water partition coefficient (Wildman–Crippen LogP) is 2.33. The summed E-state index contributed by atoms with van der Waals surface area (Å²) in [7, 11) is 3.42. The van der Waals surface area contributed by atoms with Gasteiger partial charge in [0.2, 0.25) is 0 Å². The van der Waals surface area contributed by atoms with Crippen molar-refractivity contribution in [2.24, 2.45) is 0 Å². The first kappa shape index (κ1) is 18.2. The number of carbonyl (C=O) groups is 2. The van der Waals surface area contributed by atoms with Crippen molar-refractivity contribution in [2.45, 2.75) is 26.2 Å². The number of ether oxygens (including phenoxy) is 1. The van der Waals surface area contributed by atoms with Gasteiger partial charge in [-0.15, -0.1) is 0 Å². The van der Waals surface area contributed by atoms with E-state index in [-0.39, 0.29) is 11.8 Å². The van der Waals surface area contributed by atoms with E-state index in [1.807, 2.05) is 0 Å². The van der Waals surface area contributed by atoms with Crippen LogP contribution in [0.1, 0.15) is 46.9 Å². The summed E-state index contributed by atoms with van der Waals surface area (Å²) in [6.07, 6.45) is 2.78. The molecule has 5 nitrogen and oxygen atoms in total. The third-order valence-electron chi connectivity index (χ3n) is 3.38. The lowest BCUT2D eigenvalue weighted by atomic mass is 10.1. The first-order valence-corrected chi connectivity index (χ1v) is 7.72. The highest BCUT2D eigenvalue weighted by Gasteiger charge is 2.13. The maximum atomic E-state index is 12.3. The van der Waals surface area contributed by atoms with Crippen LogP contribution in [0.25, 0.3) is 0 Å². The highest BCUT2D eigenvalue weighted by Crippen LogP contribution is 2.09. The molecule has 0 radical (unpaired) electrons. The molecule has 5 heteroatoms. The summed E-state index contributed by atoms with van der Waals surface area (Å²) in [5.74, 6) is -0.218. The Balaban J connectivity index is 2.64. The monoisotopic (exact) mass is 306 g/mol. The van der Waals surface area contributed by atoms with Crippen molar-refractivity contribution >= 4 is 11.8 Å². The van der Waals surface area contributed by atoms with Gasteiger partial charge < -0.3 is 15.0 Å². The van der Waals surface area contributed by atoms with Crippen molar-refractivity contribution in [3.8, 4) is 0 Å². The van der Waals surface area contributed by atoms with Gasteiger partial charge in [-0.3, -0.25) is 9.59 Å². The van der Waals surface area contributed by atoms with Gasteiger partial charge >= 0.3 is 0 Å². The smallest absolute Gasteiger partial charge is 0.253 e. The Morgan fingerprint density at radius 2 is 1.95 bits per heavy atom. The average molecular weight is 306 g/mol. The van der Waals surface area contributed by atoms with E-state index in [4.69, 9.17) is 4.74 Å². The van der Waals surface area contributed by atoms with E-state index in [1.165, 1.54) is 0 Å². The molecule has 0 fully saturated rings. The molecular formula is C17H26N2O3. The molecule has 1 N–H and O–H groups in total. The lowest BCUT2D eigenvalue weighted by molar-refractivity contribution is 0.0793. The third kappa shape index (κ3) is 5.85. The SMILES string of the molecule is CCCCN(C)C(=O)c1cccc(C(=O)NCCCOC)c1. The van der Waals surface area contributed by atoms with E-state index < -0.39 is 0 Å². The molecule has 0 saturated carbocycles. The number of nitrogens with one attached hydrogen (secondary N) is 1. The van der Waals surface area contributed by atoms with Crippen molar-refractivity contribution < 1.29 is 14.3 Å². The van der Waals surface area contributed by atoms with Gasteiger partial charge in [-0.1, -0.05) is 19.4 Å². The van der Waals surface area contributed by atoms with E-state index in [1.54, 1.807) is 43.3 Å². The van der Waals surface area contributed by atoms with Gasteiger partial charge in [0.25, 0.3) is 11.8 Å². The molecular weight excluding hydrogens is 280 g/mol. The Labute approximate surface area is 132 Å². The number of amides is 2. The molecule has 1 aromatic rings. The summed E-state index contributed by atoms with van der Waals surface area (Å²) >= 11 is 0. The normalized spacial score (nSPS) is 10.3. The van der Waals surface area contributed by atoms with Crippen molar-refractivity contribution in [1.82, 2.24) is 10.2 Å². The fraction of sp³-hybridized carbons (Fsp3) is 0.529. The molecule has 0 saturated heterocycles. The van der Waals surface area contributed by atoms with Crippen molar-refractivity contribution in [3.05, 3.63) is 35.4 Å². The number of unbranched alkanes of at least 4 members (excludes halogenated alkanes) is 1. The number of methoxy groups -OCH3 is 1. The summed E-state index contributed by atoms with van der Waals surface area (Å²) in [4.78, 5) is 26.0. The topological polar surface area (TPSA) is 58.6 Å². The van der Waals surface area contributed by atoms with Gasteiger partial charge in [0, 0.05) is 45.0 Å². The molecule has 0 aliphatic carbocycles. The largest absolute Gasteiger partial charge is 0.385 e. The van der Waals surface area contributed by atoms with Crippen LogP contribution in [-0.4, -0.2) is 50.6 Å². The van der Waals surface area contributed by atoms with Gasteiger partial charge in [0.1, 0.15) is 0 Å². The molecule has 0 atom stereocenters. The van der Waals surface area contributed by atoms with E-state index in [2.05, 4.69) is 12.2 Å². The number of rotatable bonds is 9. The van der Waals surface area contributed by atoms with Crippen LogP contribution in [0.2, 0.25) is 0 Å². The fourth-order valence-electron chi connectivity index (χ4n) is 2.03. The van der Waals surface area contributed by atoms with E-state index in [0.29, 0.717) is 24.3 Å². The Morgan fingerprint density at radius 1 is 1.23 bits per heavy atom. The zero-order valence-electron chi connectivity index (χ0n) is 13.7. The lowest BCUT2D eigenvalue weighted by Gasteiger charge is -2.17. The third-order valence-corrected chi connectivity index (χ3v) is 3.38. The molecule has 1 aromatic carbocycles. The molecule has 0 unspecified atom stereocenters. The van der Waals surface area contributed by atoms with Gasteiger partial charge in [0.05, 0.1) is 0 Å². The summed E-state index contributed by atoms with van der Waals surface area (Å²) in [5.41, 5.74) is 1.05. The van der Waals surface area contributed by atoms with E-state index >= 15 is 0 Å². The minimum absolute atomic E-state index is 0.0533. The molecule has 0 aliphatic rings. The van der Waals surface area contributed by atoms with Crippen LogP contribution in [0.15, 0.2) is 24.3 Å². The van der Waals surface area contributed by atoms with Crippen LogP contribution in [0.3, 0.4) is 0 Å². The van der Waals surface area contributed by atoms with Crippen molar-refractivity contribution in [3.63, 3.8) is 0 Å². The van der Waals surface area contributed by atoms with Crippen LogP contribution >= 0.6 is 0 Å². The minimum Gasteiger partial charge on any atom is -0.385 e. The van der Waals surface area contributed by atoms with E-state index in [0.717, 1.165) is 25.8 Å². The lowest BCUT2D eigenvalue weighted by Crippen LogP contribution is -2.29. The second kappa shape index (κ2) is 9.95. The van der Waals surface area contributed by atoms with Crippen LogP contribution in [0.5, 0.6) is 0 Å². The first-order chi connectivity index (χ1) is 10.6. The molecule has 22 heavy (non-hydrogen) atoms. The Morgan fingerprint density at radius 3 is 2.64 bits per heavy atom. The van der Waals surface area contributed by atoms with Gasteiger partial charge in [-0.25, -0.2) is 0 Å². The van der Waals surface area contributed by atoms with Gasteiger partial charge in [-0.2, -0.15) is 0 Å². The second-order valence-corrected chi connectivity index (χ2v) is 5.26. The number of hydrogen-bond acceptors (Lipinski definition) is 3. The van der Waals surface area contributed by atoms with Crippen LogP contribution in [0, 0.1) is 0 Å². The molecule has 0 aromatic heterocycles. The molecule has 0 spiro atoms. The first-order valence-electron chi connectivity index (χ1n) is 7.72. The minimum atomic E-state index is -0.165. The summed E-state index contributed by atoms with van der Waals surface area (Å²) in [6.45, 7) is 3.98. The zero-order valence-corrected chi connectivity index (χ0v) is 13.7. The maximum absolute atomic E-state index is 12.3. The summed E-state index contributed by atoms with van der Waals surface area (Å²) in [6, 6.07) is 6.85. The van der Waals surface area contributed by atoms with Gasteiger partial charge in [-0.05, 0) is 31.0 Å². The molecule has 1 rings (SSSR count). The highest BCUT2D eigenvalue weighted by atomic mass is 16.5. The molecule has 122 valence electrons. The number of hydrogen-bond donors (Lipinski definition) is 1. The molecule has 2 amide bonds. The molecule has 0 heterocycles. The van der Waals surface area contributed by atoms with Crippen LogP contribution < -0.4 is 5.32 Å². The van der Waals surface area contributed by atoms with Gasteiger partial charge in [0.15, 0.2) is 0 Å². The molecule has 0 aliphatic heterocycles. The molecule has 0 bridgehead atoms. The van der Waals surface area contributed by atoms with Crippen molar-refractivity contribution in [2.75, 3.05) is 33.9 Å². The fourth-order valence-corrected chi connectivity index (χ4v) is 2.03. The Kier molecular flexibility index (Phi) is 8.22. The quantitative estimate of drug-likeness (QED) is 0.712. The number of benzene rings is 1. The second-order valence-electron chi connectivity index (χ2n) is 5.26. The highest BCUT2D eigenvalue weighted by molar-refractivity contribution is 5.99. The van der Waals surface area contributed by atoms with Crippen molar-refractivity contribution in [1.29, 1.82) is 0 Å². The number of carbonyl (C=O) groups excluding carboxylic acids is 2.